The molecule has 1 N–H and O–H groups in total. The number of nitrogens with one attached hydrogen (secondary N) is 1. The second kappa shape index (κ2) is 5.52. The summed E-state index contributed by atoms with van der Waals surface area (Å²) in [4.78, 5) is 16.5. The lowest BCUT2D eigenvalue weighted by Gasteiger charge is -2.35. The summed E-state index contributed by atoms with van der Waals surface area (Å²) < 4.78 is 0. The molecule has 0 unspecified atom stereocenters. The van der Waals surface area contributed by atoms with Gasteiger partial charge in [-0.1, -0.05) is 12.8 Å². The van der Waals surface area contributed by atoms with Crippen molar-refractivity contribution in [1.29, 1.82) is 0 Å². The second-order valence-corrected chi connectivity index (χ2v) is 5.05. The van der Waals surface area contributed by atoms with Gasteiger partial charge in [0.05, 0.1) is 12.5 Å². The molecule has 0 aliphatic carbocycles. The van der Waals surface area contributed by atoms with E-state index < -0.39 is 0 Å². The summed E-state index contributed by atoms with van der Waals surface area (Å²) >= 11 is 0. The standard InChI is InChI=1S/C13H21N3O/c1-3-4-15-5-7-16(8-6-15)13(17)12-10-14-9-11(12)2/h1,11-12,14H,4-10H2,2H3/t11-,12-/m1/s1. The monoisotopic (exact) mass is 235 g/mol. The van der Waals surface area contributed by atoms with Crippen LogP contribution in [0.5, 0.6) is 0 Å². The van der Waals surface area contributed by atoms with E-state index in [2.05, 4.69) is 23.1 Å². The lowest BCUT2D eigenvalue weighted by atomic mass is 9.96. The summed E-state index contributed by atoms with van der Waals surface area (Å²) in [6.07, 6.45) is 5.29. The van der Waals surface area contributed by atoms with E-state index in [0.29, 0.717) is 18.4 Å². The number of rotatable bonds is 2. The average Bonchev–Trinajstić information content (AvgIpc) is 2.76. The van der Waals surface area contributed by atoms with Crippen molar-refractivity contribution in [3.8, 4) is 12.3 Å². The van der Waals surface area contributed by atoms with Gasteiger partial charge in [0.25, 0.3) is 0 Å². The molecule has 2 rings (SSSR count). The molecule has 2 atom stereocenters. The largest absolute Gasteiger partial charge is 0.340 e. The minimum absolute atomic E-state index is 0.175. The molecule has 2 heterocycles. The quantitative estimate of drug-likeness (QED) is 0.663. The van der Waals surface area contributed by atoms with Crippen molar-refractivity contribution >= 4 is 5.91 Å². The van der Waals surface area contributed by atoms with Crippen molar-refractivity contribution in [1.82, 2.24) is 15.1 Å². The van der Waals surface area contributed by atoms with Gasteiger partial charge in [0.15, 0.2) is 0 Å². The fourth-order valence-corrected chi connectivity index (χ4v) is 2.63. The summed E-state index contributed by atoms with van der Waals surface area (Å²) in [5.74, 6) is 3.62. The Labute approximate surface area is 103 Å². The predicted octanol–water partition coefficient (Wildman–Crippen LogP) is -0.381. The minimum Gasteiger partial charge on any atom is -0.340 e. The molecule has 4 nitrogen and oxygen atoms in total. The van der Waals surface area contributed by atoms with Crippen LogP contribution in [-0.4, -0.2) is 61.5 Å². The molecule has 0 bridgehead atoms. The van der Waals surface area contributed by atoms with Gasteiger partial charge in [-0.25, -0.2) is 0 Å². The number of terminal acetylenes is 1. The molecule has 2 saturated heterocycles. The summed E-state index contributed by atoms with van der Waals surface area (Å²) in [5, 5.41) is 3.29. The summed E-state index contributed by atoms with van der Waals surface area (Å²) in [5.41, 5.74) is 0. The second-order valence-electron chi connectivity index (χ2n) is 5.05. The zero-order valence-corrected chi connectivity index (χ0v) is 10.5. The molecule has 0 aromatic carbocycles. The Hall–Kier alpha value is -1.05. The van der Waals surface area contributed by atoms with Crippen molar-refractivity contribution < 1.29 is 4.79 Å². The topological polar surface area (TPSA) is 35.6 Å². The van der Waals surface area contributed by atoms with Gasteiger partial charge < -0.3 is 10.2 Å². The first-order valence-electron chi connectivity index (χ1n) is 6.37. The van der Waals surface area contributed by atoms with Gasteiger partial charge in [-0.05, 0) is 12.5 Å². The van der Waals surface area contributed by atoms with Crippen molar-refractivity contribution in [2.75, 3.05) is 45.8 Å². The molecule has 0 saturated carbocycles. The lowest BCUT2D eigenvalue weighted by molar-refractivity contribution is -0.137. The first-order chi connectivity index (χ1) is 8.22. The van der Waals surface area contributed by atoms with Crippen LogP contribution in [0.2, 0.25) is 0 Å². The number of amides is 1. The third-order valence-corrected chi connectivity index (χ3v) is 3.83. The van der Waals surface area contributed by atoms with Crippen LogP contribution >= 0.6 is 0 Å². The summed E-state index contributed by atoms with van der Waals surface area (Å²) in [6, 6.07) is 0. The van der Waals surface area contributed by atoms with E-state index in [4.69, 9.17) is 6.42 Å². The maximum Gasteiger partial charge on any atom is 0.227 e. The molecule has 94 valence electrons. The number of hydrogen-bond donors (Lipinski definition) is 1. The van der Waals surface area contributed by atoms with Crippen LogP contribution in [0.1, 0.15) is 6.92 Å². The van der Waals surface area contributed by atoms with Crippen molar-refractivity contribution in [2.24, 2.45) is 11.8 Å². The van der Waals surface area contributed by atoms with E-state index in [-0.39, 0.29) is 5.92 Å². The summed E-state index contributed by atoms with van der Waals surface area (Å²) in [6.45, 7) is 8.11. The smallest absolute Gasteiger partial charge is 0.227 e. The van der Waals surface area contributed by atoms with E-state index in [1.165, 1.54) is 0 Å². The van der Waals surface area contributed by atoms with Gasteiger partial charge in [0.1, 0.15) is 0 Å². The van der Waals surface area contributed by atoms with Gasteiger partial charge in [-0.2, -0.15) is 0 Å². The highest BCUT2D eigenvalue weighted by Gasteiger charge is 2.33. The SMILES string of the molecule is C#CCN1CCN(C(=O)[C@@H]2CNC[C@H]2C)CC1. The Kier molecular flexibility index (Phi) is 4.03. The van der Waals surface area contributed by atoms with Gasteiger partial charge in [-0.3, -0.25) is 9.69 Å². The number of piperazine rings is 1. The lowest BCUT2D eigenvalue weighted by Crippen LogP contribution is -2.51. The molecule has 1 amide bonds. The van der Waals surface area contributed by atoms with E-state index in [0.717, 1.165) is 39.3 Å². The normalized spacial score (nSPS) is 30.2. The average molecular weight is 235 g/mol. The molecule has 0 radical (unpaired) electrons. The highest BCUT2D eigenvalue weighted by atomic mass is 16.2. The molecule has 0 aromatic rings. The molecule has 17 heavy (non-hydrogen) atoms. The van der Waals surface area contributed by atoms with Crippen LogP contribution in [0.25, 0.3) is 0 Å². The fraction of sp³-hybridized carbons (Fsp3) is 0.769. The highest BCUT2D eigenvalue weighted by Crippen LogP contribution is 2.19. The van der Waals surface area contributed by atoms with Gasteiger partial charge >= 0.3 is 0 Å². The zero-order chi connectivity index (χ0) is 12.3. The van der Waals surface area contributed by atoms with E-state index in [9.17, 15) is 4.79 Å². The molecular weight excluding hydrogens is 214 g/mol. The third kappa shape index (κ3) is 2.80. The highest BCUT2D eigenvalue weighted by molar-refractivity contribution is 5.79. The van der Waals surface area contributed by atoms with Gasteiger partial charge in [0.2, 0.25) is 5.91 Å². The van der Waals surface area contributed by atoms with Gasteiger partial charge in [0, 0.05) is 32.7 Å². The Morgan fingerprint density at radius 2 is 2.06 bits per heavy atom. The van der Waals surface area contributed by atoms with Crippen molar-refractivity contribution in [3.63, 3.8) is 0 Å². The Morgan fingerprint density at radius 1 is 1.35 bits per heavy atom. The molecule has 0 aromatic heterocycles. The number of carbonyl (C=O) groups excluding carboxylic acids is 1. The first-order valence-corrected chi connectivity index (χ1v) is 6.37. The Bertz CT molecular complexity index is 315. The number of nitrogens with zero attached hydrogens (tertiary/aromatic N) is 2. The predicted molar refractivity (Wildman–Crippen MR) is 67.4 cm³/mol. The van der Waals surface area contributed by atoms with Crippen LogP contribution < -0.4 is 5.32 Å². The number of hydrogen-bond acceptors (Lipinski definition) is 3. The van der Waals surface area contributed by atoms with Crippen LogP contribution in [0.4, 0.5) is 0 Å². The van der Waals surface area contributed by atoms with E-state index in [1.807, 2.05) is 4.90 Å². The zero-order valence-electron chi connectivity index (χ0n) is 10.5. The molecule has 2 aliphatic heterocycles. The van der Waals surface area contributed by atoms with E-state index in [1.54, 1.807) is 0 Å². The van der Waals surface area contributed by atoms with Crippen LogP contribution in [0.3, 0.4) is 0 Å². The molecule has 2 aliphatic rings. The maximum absolute atomic E-state index is 12.3. The molecule has 2 fully saturated rings. The fourth-order valence-electron chi connectivity index (χ4n) is 2.63. The Balaban J connectivity index is 1.84. The third-order valence-electron chi connectivity index (χ3n) is 3.83. The number of carbonyl (C=O) groups is 1. The first kappa shape index (κ1) is 12.4. The van der Waals surface area contributed by atoms with Crippen LogP contribution in [0, 0.1) is 24.2 Å². The molecule has 0 spiro atoms. The van der Waals surface area contributed by atoms with Crippen molar-refractivity contribution in [2.45, 2.75) is 6.92 Å². The Morgan fingerprint density at radius 3 is 2.59 bits per heavy atom. The van der Waals surface area contributed by atoms with Crippen LogP contribution in [-0.2, 0) is 4.79 Å². The van der Waals surface area contributed by atoms with Crippen LogP contribution in [0.15, 0.2) is 0 Å². The molecular formula is C13H21N3O. The maximum atomic E-state index is 12.3. The molecule has 4 heteroatoms. The minimum atomic E-state index is 0.175. The van der Waals surface area contributed by atoms with Gasteiger partial charge in [-0.15, -0.1) is 6.42 Å². The van der Waals surface area contributed by atoms with Crippen molar-refractivity contribution in [3.05, 3.63) is 0 Å². The summed E-state index contributed by atoms with van der Waals surface area (Å²) in [7, 11) is 0. The van der Waals surface area contributed by atoms with E-state index >= 15 is 0 Å².